The predicted octanol–water partition coefficient (Wildman–Crippen LogP) is 4.19. The van der Waals surface area contributed by atoms with Gasteiger partial charge in [-0.05, 0) is 47.1 Å². The number of nitrogens with zero attached hydrogens (tertiary/aromatic N) is 2. The molecule has 7 nitrogen and oxygen atoms in total. The van der Waals surface area contributed by atoms with Gasteiger partial charge in [0, 0.05) is 28.4 Å². The SMILES string of the molecule is Cc1cc2nc(COc3cccc(NC(=O)c4ccccc4Br)c3)cc(=O)n2o1. The standard InChI is InChI=1S/C21H16BrN3O4/c1-13-9-19-23-15(11-20(26)25(19)29-13)12-28-16-6-4-5-14(10-16)24-21(27)17-7-2-3-8-18(17)22/h2-11H,12H2,1H3,(H,24,27). The van der Waals surface area contributed by atoms with Crippen LogP contribution in [-0.4, -0.2) is 15.5 Å². The zero-order valence-electron chi connectivity index (χ0n) is 15.4. The molecule has 0 spiro atoms. The third kappa shape index (κ3) is 4.22. The van der Waals surface area contributed by atoms with E-state index >= 15 is 0 Å². The molecule has 0 radical (unpaired) electrons. The molecule has 1 amide bonds. The van der Waals surface area contributed by atoms with Crippen molar-refractivity contribution in [2.24, 2.45) is 0 Å². The molecule has 0 saturated carbocycles. The number of carbonyl (C=O) groups excluding carboxylic acids is 1. The van der Waals surface area contributed by atoms with Crippen molar-refractivity contribution in [3.05, 3.63) is 92.5 Å². The lowest BCUT2D eigenvalue weighted by atomic mass is 10.2. The van der Waals surface area contributed by atoms with Crippen LogP contribution in [0.15, 0.2) is 74.5 Å². The van der Waals surface area contributed by atoms with Crippen LogP contribution in [0.2, 0.25) is 0 Å². The maximum Gasteiger partial charge on any atom is 0.287 e. The fourth-order valence-electron chi connectivity index (χ4n) is 2.81. The number of nitrogens with one attached hydrogen (secondary N) is 1. The molecule has 2 aromatic heterocycles. The number of aryl methyl sites for hydroxylation is 1. The molecular formula is C21H16BrN3O4. The van der Waals surface area contributed by atoms with Gasteiger partial charge in [0.1, 0.15) is 18.1 Å². The van der Waals surface area contributed by atoms with Crippen LogP contribution in [0.5, 0.6) is 5.75 Å². The first-order valence-electron chi connectivity index (χ1n) is 8.78. The zero-order chi connectivity index (χ0) is 20.4. The Morgan fingerprint density at radius 2 is 2.00 bits per heavy atom. The summed E-state index contributed by atoms with van der Waals surface area (Å²) in [7, 11) is 0. The summed E-state index contributed by atoms with van der Waals surface area (Å²) in [5, 5.41) is 2.84. The van der Waals surface area contributed by atoms with Gasteiger partial charge in [0.05, 0.1) is 11.3 Å². The van der Waals surface area contributed by atoms with Gasteiger partial charge in [-0.15, -0.1) is 4.57 Å². The molecule has 8 heteroatoms. The summed E-state index contributed by atoms with van der Waals surface area (Å²) < 4.78 is 12.9. The van der Waals surface area contributed by atoms with E-state index < -0.39 is 0 Å². The van der Waals surface area contributed by atoms with E-state index in [2.05, 4.69) is 26.2 Å². The highest BCUT2D eigenvalue weighted by Gasteiger charge is 2.11. The maximum absolute atomic E-state index is 12.5. The molecule has 146 valence electrons. The highest BCUT2D eigenvalue weighted by atomic mass is 79.9. The number of anilines is 1. The fraction of sp³-hybridized carbons (Fsp3) is 0.0952. The van der Waals surface area contributed by atoms with Crippen molar-refractivity contribution in [1.82, 2.24) is 9.56 Å². The van der Waals surface area contributed by atoms with E-state index in [1.807, 2.05) is 12.1 Å². The highest BCUT2D eigenvalue weighted by molar-refractivity contribution is 9.10. The van der Waals surface area contributed by atoms with E-state index in [1.54, 1.807) is 49.4 Å². The molecule has 0 unspecified atom stereocenters. The summed E-state index contributed by atoms with van der Waals surface area (Å²) in [5.74, 6) is 0.909. The van der Waals surface area contributed by atoms with E-state index in [0.29, 0.717) is 38.6 Å². The minimum absolute atomic E-state index is 0.109. The van der Waals surface area contributed by atoms with Gasteiger partial charge in [-0.25, -0.2) is 4.98 Å². The predicted molar refractivity (Wildman–Crippen MR) is 111 cm³/mol. The van der Waals surface area contributed by atoms with Gasteiger partial charge in [-0.3, -0.25) is 9.59 Å². The molecule has 0 saturated heterocycles. The number of ether oxygens (including phenoxy) is 1. The lowest BCUT2D eigenvalue weighted by Gasteiger charge is -2.10. The topological polar surface area (TPSA) is 85.8 Å². The number of hydrogen-bond donors (Lipinski definition) is 1. The Morgan fingerprint density at radius 1 is 1.17 bits per heavy atom. The van der Waals surface area contributed by atoms with Crippen LogP contribution in [0, 0.1) is 6.92 Å². The summed E-state index contributed by atoms with van der Waals surface area (Å²) in [4.78, 5) is 28.9. The van der Waals surface area contributed by atoms with Gasteiger partial charge in [0.25, 0.3) is 11.5 Å². The van der Waals surface area contributed by atoms with E-state index in [0.717, 1.165) is 4.57 Å². The van der Waals surface area contributed by atoms with E-state index in [-0.39, 0.29) is 18.1 Å². The first-order chi connectivity index (χ1) is 14.0. The van der Waals surface area contributed by atoms with Crippen LogP contribution >= 0.6 is 15.9 Å². The van der Waals surface area contributed by atoms with Crippen molar-refractivity contribution in [3.63, 3.8) is 0 Å². The number of fused-ring (bicyclic) bond motifs is 1. The monoisotopic (exact) mass is 453 g/mol. The Balaban J connectivity index is 1.47. The average molecular weight is 454 g/mol. The van der Waals surface area contributed by atoms with Gasteiger partial charge in [0.2, 0.25) is 0 Å². The van der Waals surface area contributed by atoms with Gasteiger partial charge < -0.3 is 14.6 Å². The first kappa shape index (κ1) is 18.9. The van der Waals surface area contributed by atoms with Crippen molar-refractivity contribution in [2.45, 2.75) is 13.5 Å². The van der Waals surface area contributed by atoms with Gasteiger partial charge in [-0.2, -0.15) is 0 Å². The smallest absolute Gasteiger partial charge is 0.287 e. The molecule has 0 aliphatic heterocycles. The quantitative estimate of drug-likeness (QED) is 0.489. The molecule has 0 aliphatic rings. The van der Waals surface area contributed by atoms with E-state index in [1.165, 1.54) is 6.07 Å². The van der Waals surface area contributed by atoms with Crippen molar-refractivity contribution < 1.29 is 14.1 Å². The Bertz CT molecular complexity index is 1260. The number of halogens is 1. The molecule has 0 fully saturated rings. The lowest BCUT2D eigenvalue weighted by Crippen LogP contribution is -2.14. The number of amides is 1. The van der Waals surface area contributed by atoms with Gasteiger partial charge >= 0.3 is 0 Å². The summed E-state index contributed by atoms with van der Waals surface area (Å²) >= 11 is 3.37. The minimum atomic E-state index is -0.309. The van der Waals surface area contributed by atoms with Crippen LogP contribution in [0.25, 0.3) is 5.65 Å². The summed E-state index contributed by atoms with van der Waals surface area (Å²) in [5.41, 5.74) is 1.74. The Hall–Kier alpha value is -3.39. The van der Waals surface area contributed by atoms with Crippen molar-refractivity contribution in [1.29, 1.82) is 0 Å². The molecule has 2 heterocycles. The second-order valence-corrected chi connectivity index (χ2v) is 7.19. The average Bonchev–Trinajstić information content (AvgIpc) is 3.08. The van der Waals surface area contributed by atoms with Crippen LogP contribution < -0.4 is 15.6 Å². The second-order valence-electron chi connectivity index (χ2n) is 6.34. The summed E-state index contributed by atoms with van der Waals surface area (Å²) in [6.45, 7) is 1.86. The largest absolute Gasteiger partial charge is 0.487 e. The zero-order valence-corrected chi connectivity index (χ0v) is 17.0. The molecule has 0 aliphatic carbocycles. The van der Waals surface area contributed by atoms with E-state index in [9.17, 15) is 9.59 Å². The highest BCUT2D eigenvalue weighted by Crippen LogP contribution is 2.21. The number of rotatable bonds is 5. The van der Waals surface area contributed by atoms with Crippen LogP contribution in [-0.2, 0) is 6.61 Å². The second kappa shape index (κ2) is 7.92. The normalized spacial score (nSPS) is 10.8. The van der Waals surface area contributed by atoms with Crippen molar-refractivity contribution in [3.8, 4) is 5.75 Å². The van der Waals surface area contributed by atoms with Gasteiger partial charge in [-0.1, -0.05) is 18.2 Å². The van der Waals surface area contributed by atoms with Crippen LogP contribution in [0.1, 0.15) is 21.8 Å². The van der Waals surface area contributed by atoms with Gasteiger partial charge in [0.15, 0.2) is 5.65 Å². The Labute approximate surface area is 174 Å². The lowest BCUT2D eigenvalue weighted by molar-refractivity contribution is 0.102. The Kier molecular flexibility index (Phi) is 5.18. The van der Waals surface area contributed by atoms with Crippen molar-refractivity contribution >= 4 is 33.2 Å². The maximum atomic E-state index is 12.5. The number of aromatic nitrogens is 2. The summed E-state index contributed by atoms with van der Waals surface area (Å²) in [6.07, 6.45) is 0. The number of carbonyl (C=O) groups is 1. The molecule has 2 aromatic carbocycles. The molecule has 0 atom stereocenters. The first-order valence-corrected chi connectivity index (χ1v) is 9.57. The Morgan fingerprint density at radius 3 is 2.83 bits per heavy atom. The minimum Gasteiger partial charge on any atom is -0.487 e. The third-order valence-corrected chi connectivity index (χ3v) is 4.81. The van der Waals surface area contributed by atoms with E-state index in [4.69, 9.17) is 9.26 Å². The molecule has 4 aromatic rings. The number of hydrogen-bond acceptors (Lipinski definition) is 5. The van der Waals surface area contributed by atoms with Crippen molar-refractivity contribution in [2.75, 3.05) is 5.32 Å². The molecule has 29 heavy (non-hydrogen) atoms. The van der Waals surface area contributed by atoms with Crippen LogP contribution in [0.4, 0.5) is 5.69 Å². The number of benzene rings is 2. The molecule has 0 bridgehead atoms. The third-order valence-electron chi connectivity index (χ3n) is 4.12. The molecule has 4 rings (SSSR count). The molecule has 1 N–H and O–H groups in total. The molecular weight excluding hydrogens is 438 g/mol. The van der Waals surface area contributed by atoms with Crippen LogP contribution in [0.3, 0.4) is 0 Å². The summed E-state index contributed by atoms with van der Waals surface area (Å²) in [6, 6.07) is 17.3. The fourth-order valence-corrected chi connectivity index (χ4v) is 3.28.